The summed E-state index contributed by atoms with van der Waals surface area (Å²) in [5.74, 6) is 1.22. The Bertz CT molecular complexity index is 457. The van der Waals surface area contributed by atoms with Gasteiger partial charge in [0.25, 0.3) is 5.91 Å². The third-order valence-corrected chi connectivity index (χ3v) is 3.26. The maximum atomic E-state index is 11.6. The van der Waals surface area contributed by atoms with Crippen molar-refractivity contribution in [2.75, 3.05) is 5.32 Å². The summed E-state index contributed by atoms with van der Waals surface area (Å²) in [5, 5.41) is 2.87. The number of halogens is 1. The lowest BCUT2D eigenvalue weighted by Crippen LogP contribution is -2.34. The molecule has 0 saturated carbocycles. The minimum absolute atomic E-state index is 0.0916. The number of anilines is 1. The maximum Gasteiger partial charge on any atom is 0.265 e. The van der Waals surface area contributed by atoms with Crippen LogP contribution in [0.2, 0.25) is 0 Å². The first-order valence-corrected chi connectivity index (χ1v) is 6.56. The van der Waals surface area contributed by atoms with Gasteiger partial charge in [-0.15, -0.1) is 0 Å². The van der Waals surface area contributed by atoms with Crippen molar-refractivity contribution in [2.24, 2.45) is 5.92 Å². The molecule has 1 unspecified atom stereocenters. The van der Waals surface area contributed by atoms with E-state index in [0.29, 0.717) is 5.92 Å². The first-order valence-electron chi connectivity index (χ1n) is 5.77. The number of ether oxygens (including phenoxy) is 1. The van der Waals surface area contributed by atoms with Gasteiger partial charge in [0.05, 0.1) is 10.2 Å². The number of rotatable bonds is 2. The minimum Gasteiger partial charge on any atom is -0.478 e. The Kier molecular flexibility index (Phi) is 3.43. The van der Waals surface area contributed by atoms with Gasteiger partial charge in [-0.3, -0.25) is 4.79 Å². The fourth-order valence-corrected chi connectivity index (χ4v) is 2.52. The maximum absolute atomic E-state index is 11.6. The van der Waals surface area contributed by atoms with Crippen molar-refractivity contribution < 1.29 is 9.53 Å². The van der Waals surface area contributed by atoms with E-state index >= 15 is 0 Å². The SMILES string of the molecule is CC(C)Cc1cc(Br)c2c(c1)NC(=O)C(C)O2. The molecule has 0 spiro atoms. The molecular weight excluding hydrogens is 282 g/mol. The van der Waals surface area contributed by atoms with Crippen molar-refractivity contribution in [2.45, 2.75) is 33.3 Å². The van der Waals surface area contributed by atoms with Crippen molar-refractivity contribution in [3.8, 4) is 5.75 Å². The first-order chi connectivity index (χ1) is 7.97. The summed E-state index contributed by atoms with van der Waals surface area (Å²) in [5.41, 5.74) is 1.96. The van der Waals surface area contributed by atoms with Crippen LogP contribution in [-0.4, -0.2) is 12.0 Å². The zero-order valence-electron chi connectivity index (χ0n) is 10.2. The van der Waals surface area contributed by atoms with Crippen molar-refractivity contribution in [3.63, 3.8) is 0 Å². The van der Waals surface area contributed by atoms with Crippen LogP contribution in [0.4, 0.5) is 5.69 Å². The molecule has 92 valence electrons. The van der Waals surface area contributed by atoms with Crippen LogP contribution in [0.3, 0.4) is 0 Å². The van der Waals surface area contributed by atoms with Crippen LogP contribution in [0.25, 0.3) is 0 Å². The van der Waals surface area contributed by atoms with Gasteiger partial charge in [-0.05, 0) is 52.9 Å². The molecular formula is C13H16BrNO2. The summed E-state index contributed by atoms with van der Waals surface area (Å²) in [6, 6.07) is 4.05. The predicted octanol–water partition coefficient (Wildman–Crippen LogP) is 3.37. The van der Waals surface area contributed by atoms with Crippen molar-refractivity contribution >= 4 is 27.5 Å². The Hall–Kier alpha value is -1.03. The third kappa shape index (κ3) is 2.63. The third-order valence-electron chi connectivity index (χ3n) is 2.67. The smallest absolute Gasteiger partial charge is 0.265 e. The Balaban J connectivity index is 2.37. The summed E-state index contributed by atoms with van der Waals surface area (Å²) in [6.07, 6.45) is 0.548. The molecule has 1 aromatic carbocycles. The molecule has 2 rings (SSSR count). The lowest BCUT2D eigenvalue weighted by molar-refractivity contribution is -0.122. The Labute approximate surface area is 110 Å². The van der Waals surface area contributed by atoms with Crippen LogP contribution in [0.1, 0.15) is 26.3 Å². The van der Waals surface area contributed by atoms with Crippen molar-refractivity contribution in [3.05, 3.63) is 22.2 Å². The van der Waals surface area contributed by atoms with Gasteiger partial charge < -0.3 is 10.1 Å². The molecule has 1 aromatic rings. The molecule has 0 aromatic heterocycles. The van der Waals surface area contributed by atoms with E-state index in [1.165, 1.54) is 5.56 Å². The Morgan fingerprint density at radius 1 is 1.47 bits per heavy atom. The van der Waals surface area contributed by atoms with Gasteiger partial charge in [0, 0.05) is 0 Å². The average molecular weight is 298 g/mol. The number of benzene rings is 1. The van der Waals surface area contributed by atoms with Gasteiger partial charge >= 0.3 is 0 Å². The van der Waals surface area contributed by atoms with Crippen LogP contribution in [0, 0.1) is 5.92 Å². The molecule has 0 bridgehead atoms. The second-order valence-corrected chi connectivity index (χ2v) is 5.66. The normalized spacial score (nSPS) is 18.6. The van der Waals surface area contributed by atoms with E-state index in [4.69, 9.17) is 4.74 Å². The van der Waals surface area contributed by atoms with E-state index < -0.39 is 6.10 Å². The number of nitrogens with one attached hydrogen (secondary N) is 1. The standard InChI is InChI=1S/C13H16BrNO2/c1-7(2)4-9-5-10(14)12-11(6-9)15-13(16)8(3)17-12/h5-8H,4H2,1-3H3,(H,15,16). The quantitative estimate of drug-likeness (QED) is 0.909. The van der Waals surface area contributed by atoms with Crippen LogP contribution in [-0.2, 0) is 11.2 Å². The number of carbonyl (C=O) groups is 1. The highest BCUT2D eigenvalue weighted by atomic mass is 79.9. The van der Waals surface area contributed by atoms with Crippen LogP contribution in [0.5, 0.6) is 5.75 Å². The fourth-order valence-electron chi connectivity index (χ4n) is 1.92. The van der Waals surface area contributed by atoms with Crippen LogP contribution < -0.4 is 10.1 Å². The van der Waals surface area contributed by atoms with E-state index in [0.717, 1.165) is 22.3 Å². The molecule has 1 aliphatic heterocycles. The molecule has 1 heterocycles. The van der Waals surface area contributed by atoms with Gasteiger partial charge in [0.1, 0.15) is 0 Å². The lowest BCUT2D eigenvalue weighted by atomic mass is 10.0. The van der Waals surface area contributed by atoms with Gasteiger partial charge in [0.2, 0.25) is 0 Å². The van der Waals surface area contributed by atoms with Crippen LogP contribution in [0.15, 0.2) is 16.6 Å². The van der Waals surface area contributed by atoms with E-state index in [1.54, 1.807) is 6.92 Å². The number of carbonyl (C=O) groups excluding carboxylic acids is 1. The summed E-state index contributed by atoms with van der Waals surface area (Å²) in [7, 11) is 0. The zero-order chi connectivity index (χ0) is 12.6. The summed E-state index contributed by atoms with van der Waals surface area (Å²) >= 11 is 3.49. The topological polar surface area (TPSA) is 38.3 Å². The monoisotopic (exact) mass is 297 g/mol. The summed E-state index contributed by atoms with van der Waals surface area (Å²) in [4.78, 5) is 11.6. The Morgan fingerprint density at radius 3 is 2.82 bits per heavy atom. The molecule has 1 atom stereocenters. The molecule has 1 N–H and O–H groups in total. The van der Waals surface area contributed by atoms with Gasteiger partial charge in [0.15, 0.2) is 11.9 Å². The molecule has 1 aliphatic rings. The predicted molar refractivity (Wildman–Crippen MR) is 71.4 cm³/mol. The number of amides is 1. The summed E-state index contributed by atoms with van der Waals surface area (Å²) < 4.78 is 6.48. The first kappa shape index (κ1) is 12.4. The van der Waals surface area contributed by atoms with E-state index in [1.807, 2.05) is 6.07 Å². The second kappa shape index (κ2) is 4.69. The molecule has 0 saturated heterocycles. The van der Waals surface area contributed by atoms with E-state index in [9.17, 15) is 4.79 Å². The molecule has 0 radical (unpaired) electrons. The minimum atomic E-state index is -0.435. The average Bonchev–Trinajstić information content (AvgIpc) is 2.20. The van der Waals surface area contributed by atoms with Crippen LogP contribution >= 0.6 is 15.9 Å². The molecule has 0 aliphatic carbocycles. The molecule has 17 heavy (non-hydrogen) atoms. The van der Waals surface area contributed by atoms with Crippen molar-refractivity contribution in [1.82, 2.24) is 0 Å². The van der Waals surface area contributed by atoms with Gasteiger partial charge in [-0.25, -0.2) is 0 Å². The number of hydrogen-bond donors (Lipinski definition) is 1. The molecule has 1 amide bonds. The molecule has 4 heteroatoms. The highest BCUT2D eigenvalue weighted by molar-refractivity contribution is 9.10. The number of hydrogen-bond acceptors (Lipinski definition) is 2. The largest absolute Gasteiger partial charge is 0.478 e. The fraction of sp³-hybridized carbons (Fsp3) is 0.462. The van der Waals surface area contributed by atoms with Gasteiger partial charge in [-0.2, -0.15) is 0 Å². The molecule has 0 fully saturated rings. The highest BCUT2D eigenvalue weighted by Gasteiger charge is 2.25. The van der Waals surface area contributed by atoms with Gasteiger partial charge in [-0.1, -0.05) is 13.8 Å². The van der Waals surface area contributed by atoms with E-state index in [-0.39, 0.29) is 5.91 Å². The summed E-state index contributed by atoms with van der Waals surface area (Å²) in [6.45, 7) is 6.09. The number of fused-ring (bicyclic) bond motifs is 1. The molecule has 3 nitrogen and oxygen atoms in total. The van der Waals surface area contributed by atoms with Crippen molar-refractivity contribution in [1.29, 1.82) is 0 Å². The second-order valence-electron chi connectivity index (χ2n) is 4.80. The Morgan fingerprint density at radius 2 is 2.18 bits per heavy atom. The lowest BCUT2D eigenvalue weighted by Gasteiger charge is -2.25. The van der Waals surface area contributed by atoms with E-state index in [2.05, 4.69) is 41.2 Å². The highest BCUT2D eigenvalue weighted by Crippen LogP contribution is 2.38. The zero-order valence-corrected chi connectivity index (χ0v) is 11.8.